The van der Waals surface area contributed by atoms with Crippen LogP contribution < -0.4 is 10.1 Å². The maximum atomic E-state index is 14.9. The van der Waals surface area contributed by atoms with E-state index in [0.717, 1.165) is 11.1 Å². The summed E-state index contributed by atoms with van der Waals surface area (Å²) in [6, 6.07) is 8.81. The number of rotatable bonds is 7. The van der Waals surface area contributed by atoms with Gasteiger partial charge in [-0.15, -0.1) is 0 Å². The Morgan fingerprint density at radius 1 is 1.11 bits per heavy atom. The minimum atomic E-state index is -0.348. The van der Waals surface area contributed by atoms with Crippen LogP contribution in [0.5, 0.6) is 11.5 Å². The number of amides is 1. The number of nitrogens with one attached hydrogen (secondary N) is 1. The van der Waals surface area contributed by atoms with Crippen molar-refractivity contribution in [3.8, 4) is 11.5 Å². The summed E-state index contributed by atoms with van der Waals surface area (Å²) in [5, 5.41) is 12.5. The summed E-state index contributed by atoms with van der Waals surface area (Å²) in [6.07, 6.45) is 0.426. The summed E-state index contributed by atoms with van der Waals surface area (Å²) >= 11 is 0. The maximum Gasteiger partial charge on any atom is 0.257 e. The summed E-state index contributed by atoms with van der Waals surface area (Å²) in [5.74, 6) is 0.175. The summed E-state index contributed by atoms with van der Waals surface area (Å²) < 4.78 is 20.4. The average molecular weight is 373 g/mol. The molecule has 1 amide bonds. The lowest BCUT2D eigenvalue weighted by atomic mass is 9.90. The molecule has 5 heteroatoms. The van der Waals surface area contributed by atoms with Crippen molar-refractivity contribution >= 4 is 5.91 Å². The van der Waals surface area contributed by atoms with Crippen LogP contribution in [0.2, 0.25) is 0 Å². The van der Waals surface area contributed by atoms with E-state index in [1.54, 1.807) is 25.2 Å². The van der Waals surface area contributed by atoms with Gasteiger partial charge < -0.3 is 15.2 Å². The standard InChI is InChI=1S/C22H28FNO3/c1-13(2)18-11-17(27-12-20(26)24-5)8-6-15(18)10-16-7-9-19(25)21(14(3)4)22(16)23/h6-9,11,13-14,25H,10,12H2,1-5H3,(H,24,26). The molecule has 0 unspecified atom stereocenters. The monoisotopic (exact) mass is 373 g/mol. The second-order valence-corrected chi connectivity index (χ2v) is 7.28. The fraction of sp³-hybridized carbons (Fsp3) is 0.409. The van der Waals surface area contributed by atoms with Crippen LogP contribution in [0.15, 0.2) is 30.3 Å². The molecular formula is C22H28FNO3. The maximum absolute atomic E-state index is 14.9. The van der Waals surface area contributed by atoms with E-state index in [-0.39, 0.29) is 35.9 Å². The van der Waals surface area contributed by atoms with Crippen molar-refractivity contribution in [1.29, 1.82) is 0 Å². The molecule has 0 saturated carbocycles. The third-order valence-electron chi connectivity index (χ3n) is 4.58. The van der Waals surface area contributed by atoms with Gasteiger partial charge in [0.15, 0.2) is 6.61 Å². The van der Waals surface area contributed by atoms with Gasteiger partial charge in [-0.1, -0.05) is 39.8 Å². The van der Waals surface area contributed by atoms with Crippen molar-refractivity contribution in [2.45, 2.75) is 46.0 Å². The van der Waals surface area contributed by atoms with Crippen LogP contribution >= 0.6 is 0 Å². The van der Waals surface area contributed by atoms with Crippen molar-refractivity contribution in [2.75, 3.05) is 13.7 Å². The molecule has 4 nitrogen and oxygen atoms in total. The molecule has 0 aromatic heterocycles. The number of aromatic hydroxyl groups is 1. The van der Waals surface area contributed by atoms with Gasteiger partial charge in [-0.2, -0.15) is 0 Å². The third kappa shape index (κ3) is 5.00. The van der Waals surface area contributed by atoms with Crippen LogP contribution in [0.3, 0.4) is 0 Å². The zero-order valence-electron chi connectivity index (χ0n) is 16.6. The second kappa shape index (κ2) is 8.89. The Hall–Kier alpha value is -2.56. The molecule has 27 heavy (non-hydrogen) atoms. The Kier molecular flexibility index (Phi) is 6.83. The zero-order valence-corrected chi connectivity index (χ0v) is 16.6. The number of carbonyl (C=O) groups is 1. The average Bonchev–Trinajstić information content (AvgIpc) is 2.62. The van der Waals surface area contributed by atoms with Crippen molar-refractivity contribution in [3.05, 3.63) is 58.4 Å². The van der Waals surface area contributed by atoms with Crippen molar-refractivity contribution in [3.63, 3.8) is 0 Å². The number of halogens is 1. The fourth-order valence-electron chi connectivity index (χ4n) is 3.10. The van der Waals surface area contributed by atoms with E-state index in [4.69, 9.17) is 4.74 Å². The molecule has 0 fully saturated rings. The highest BCUT2D eigenvalue weighted by Gasteiger charge is 2.18. The number of phenolic OH excluding ortho intramolecular Hbond substituents is 1. The molecule has 0 atom stereocenters. The Morgan fingerprint density at radius 3 is 2.37 bits per heavy atom. The van der Waals surface area contributed by atoms with Crippen molar-refractivity contribution in [1.82, 2.24) is 5.32 Å². The van der Waals surface area contributed by atoms with Crippen LogP contribution in [-0.2, 0) is 11.2 Å². The second-order valence-electron chi connectivity index (χ2n) is 7.28. The number of phenols is 1. The summed E-state index contributed by atoms with van der Waals surface area (Å²) in [7, 11) is 1.56. The van der Waals surface area contributed by atoms with E-state index in [1.165, 1.54) is 0 Å². The normalized spacial score (nSPS) is 11.1. The number of hydrogen-bond acceptors (Lipinski definition) is 3. The first kappa shape index (κ1) is 20.7. The first-order valence-corrected chi connectivity index (χ1v) is 9.21. The molecule has 2 aromatic carbocycles. The fourth-order valence-corrected chi connectivity index (χ4v) is 3.10. The molecule has 0 radical (unpaired) electrons. The topological polar surface area (TPSA) is 58.6 Å². The Labute approximate surface area is 160 Å². The number of hydrogen-bond donors (Lipinski definition) is 2. The van der Waals surface area contributed by atoms with Gasteiger partial charge in [-0.05, 0) is 46.7 Å². The summed E-state index contributed by atoms with van der Waals surface area (Å²) in [5.41, 5.74) is 2.95. The lowest BCUT2D eigenvalue weighted by molar-refractivity contribution is -0.122. The van der Waals surface area contributed by atoms with Crippen LogP contribution in [0, 0.1) is 5.82 Å². The zero-order chi connectivity index (χ0) is 20.1. The first-order valence-electron chi connectivity index (χ1n) is 9.21. The van der Waals surface area contributed by atoms with Crippen molar-refractivity contribution in [2.24, 2.45) is 0 Å². The molecule has 2 aromatic rings. The Bertz CT molecular complexity index is 815. The lowest BCUT2D eigenvalue weighted by Crippen LogP contribution is -2.24. The molecule has 0 aliphatic rings. The predicted molar refractivity (Wildman–Crippen MR) is 105 cm³/mol. The summed E-state index contributed by atoms with van der Waals surface area (Å²) in [6.45, 7) is 7.81. The minimum Gasteiger partial charge on any atom is -0.508 e. The first-order chi connectivity index (χ1) is 12.7. The predicted octanol–water partition coefficient (Wildman–Crippen LogP) is 4.49. The van der Waals surface area contributed by atoms with E-state index in [9.17, 15) is 14.3 Å². The van der Waals surface area contributed by atoms with Gasteiger partial charge in [0, 0.05) is 19.0 Å². The molecular weight excluding hydrogens is 345 g/mol. The van der Waals surface area contributed by atoms with Gasteiger partial charge in [0.05, 0.1) is 0 Å². The van der Waals surface area contributed by atoms with Crippen LogP contribution in [0.25, 0.3) is 0 Å². The third-order valence-corrected chi connectivity index (χ3v) is 4.58. The molecule has 0 bridgehead atoms. The number of likely N-dealkylation sites (N-methyl/N-ethyl adjacent to an activating group) is 1. The number of carbonyl (C=O) groups excluding carboxylic acids is 1. The molecule has 146 valence electrons. The molecule has 0 spiro atoms. The van der Waals surface area contributed by atoms with Gasteiger partial charge >= 0.3 is 0 Å². The minimum absolute atomic E-state index is 0.00622. The van der Waals surface area contributed by atoms with Gasteiger partial charge in [0.2, 0.25) is 0 Å². The molecule has 0 aliphatic carbocycles. The smallest absolute Gasteiger partial charge is 0.257 e. The van der Waals surface area contributed by atoms with Crippen molar-refractivity contribution < 1.29 is 19.0 Å². The quantitative estimate of drug-likeness (QED) is 0.752. The molecule has 2 rings (SSSR count). The molecule has 2 N–H and O–H groups in total. The van der Waals surface area contributed by atoms with E-state index in [1.807, 2.05) is 26.0 Å². The highest BCUT2D eigenvalue weighted by atomic mass is 19.1. The van der Waals surface area contributed by atoms with E-state index >= 15 is 0 Å². The van der Waals surface area contributed by atoms with Crippen LogP contribution in [0.1, 0.15) is 61.8 Å². The Balaban J connectivity index is 2.33. The van der Waals surface area contributed by atoms with Crippen LogP contribution in [0.4, 0.5) is 4.39 Å². The number of benzene rings is 2. The number of ether oxygens (including phenoxy) is 1. The molecule has 0 heterocycles. The van der Waals surface area contributed by atoms with Gasteiger partial charge in [0.25, 0.3) is 5.91 Å². The Morgan fingerprint density at radius 2 is 1.78 bits per heavy atom. The molecule has 0 aliphatic heterocycles. The van der Waals surface area contributed by atoms with Gasteiger partial charge in [0.1, 0.15) is 17.3 Å². The van der Waals surface area contributed by atoms with E-state index in [2.05, 4.69) is 19.2 Å². The van der Waals surface area contributed by atoms with Crippen LogP contribution in [-0.4, -0.2) is 24.7 Å². The SMILES string of the molecule is CNC(=O)COc1ccc(Cc2ccc(O)c(C(C)C)c2F)c(C(C)C)c1. The van der Waals surface area contributed by atoms with E-state index < -0.39 is 0 Å². The van der Waals surface area contributed by atoms with Gasteiger partial charge in [-0.3, -0.25) is 4.79 Å². The summed E-state index contributed by atoms with van der Waals surface area (Å²) in [4.78, 5) is 11.4. The largest absolute Gasteiger partial charge is 0.508 e. The highest BCUT2D eigenvalue weighted by molar-refractivity contribution is 5.77. The lowest BCUT2D eigenvalue weighted by Gasteiger charge is -2.17. The van der Waals surface area contributed by atoms with E-state index in [0.29, 0.717) is 23.3 Å². The molecule has 0 saturated heterocycles. The highest BCUT2D eigenvalue weighted by Crippen LogP contribution is 2.33. The van der Waals surface area contributed by atoms with Gasteiger partial charge in [-0.25, -0.2) is 4.39 Å².